The summed E-state index contributed by atoms with van der Waals surface area (Å²) in [4.78, 5) is 5.51. The molecule has 0 aromatic carbocycles. The molecule has 1 saturated carbocycles. The van der Waals surface area contributed by atoms with Crippen LogP contribution in [0.25, 0.3) is 0 Å². The Hall–Kier alpha value is -0.200. The maximum absolute atomic E-state index is 10.1. The zero-order chi connectivity index (χ0) is 11.5. The highest BCUT2D eigenvalue weighted by atomic mass is 16.8. The van der Waals surface area contributed by atoms with Gasteiger partial charge in [0.15, 0.2) is 5.79 Å². The molecule has 0 bridgehead atoms. The third-order valence-corrected chi connectivity index (χ3v) is 3.82. The molecule has 3 rings (SSSR count). The minimum absolute atomic E-state index is 0.0868. The van der Waals surface area contributed by atoms with Crippen molar-refractivity contribution in [3.05, 3.63) is 0 Å². The fourth-order valence-corrected chi connectivity index (χ4v) is 3.20. The average molecular weight is 229 g/mol. The van der Waals surface area contributed by atoms with Gasteiger partial charge in [0.05, 0.1) is 18.8 Å². The summed E-state index contributed by atoms with van der Waals surface area (Å²) >= 11 is 0. The van der Waals surface area contributed by atoms with Crippen LogP contribution in [0.15, 0.2) is 0 Å². The van der Waals surface area contributed by atoms with Gasteiger partial charge in [0.1, 0.15) is 12.2 Å². The van der Waals surface area contributed by atoms with Crippen LogP contribution in [0.1, 0.15) is 20.3 Å². The van der Waals surface area contributed by atoms with E-state index in [9.17, 15) is 5.11 Å². The standard InChI is InChI=1S/C11H19NO4/c1-11(2)15-9-7(13)4-6-5-14-12(3)8(6)10(9)16-11/h6-10,13H,4-5H2,1-3H3/t6?,7-,8?,9+,10+/m1/s1. The molecule has 92 valence electrons. The van der Waals surface area contributed by atoms with Crippen LogP contribution in [0.4, 0.5) is 0 Å². The van der Waals surface area contributed by atoms with Crippen LogP contribution < -0.4 is 0 Å². The first-order valence-corrected chi connectivity index (χ1v) is 5.87. The smallest absolute Gasteiger partial charge is 0.163 e. The topological polar surface area (TPSA) is 51.2 Å². The summed E-state index contributed by atoms with van der Waals surface area (Å²) in [6.45, 7) is 4.46. The number of nitrogens with zero attached hydrogens (tertiary/aromatic N) is 1. The Balaban J connectivity index is 1.88. The maximum Gasteiger partial charge on any atom is 0.163 e. The van der Waals surface area contributed by atoms with Gasteiger partial charge < -0.3 is 14.6 Å². The summed E-state index contributed by atoms with van der Waals surface area (Å²) < 4.78 is 11.7. The van der Waals surface area contributed by atoms with E-state index in [1.54, 1.807) is 0 Å². The number of fused-ring (bicyclic) bond motifs is 3. The van der Waals surface area contributed by atoms with E-state index in [0.29, 0.717) is 12.5 Å². The van der Waals surface area contributed by atoms with Crippen molar-refractivity contribution in [2.75, 3.05) is 13.7 Å². The number of likely N-dealkylation sites (N-methyl/N-ethyl adjacent to an activating group) is 1. The zero-order valence-corrected chi connectivity index (χ0v) is 9.92. The highest BCUT2D eigenvalue weighted by molar-refractivity contribution is 5.02. The quantitative estimate of drug-likeness (QED) is 0.640. The van der Waals surface area contributed by atoms with Crippen molar-refractivity contribution < 1.29 is 19.4 Å². The molecule has 5 nitrogen and oxygen atoms in total. The second-order valence-electron chi connectivity index (χ2n) is 5.46. The molecule has 16 heavy (non-hydrogen) atoms. The van der Waals surface area contributed by atoms with E-state index in [2.05, 4.69) is 0 Å². The third kappa shape index (κ3) is 1.50. The van der Waals surface area contributed by atoms with Crippen molar-refractivity contribution in [3.8, 4) is 0 Å². The van der Waals surface area contributed by atoms with Crippen molar-refractivity contribution in [2.24, 2.45) is 5.92 Å². The summed E-state index contributed by atoms with van der Waals surface area (Å²) in [5, 5.41) is 11.9. The maximum atomic E-state index is 10.1. The Bertz CT molecular complexity index is 296. The van der Waals surface area contributed by atoms with Crippen LogP contribution in [0.2, 0.25) is 0 Å². The molecule has 2 heterocycles. The minimum atomic E-state index is -0.603. The molecule has 2 aliphatic heterocycles. The van der Waals surface area contributed by atoms with Gasteiger partial charge in [-0.25, -0.2) is 0 Å². The SMILES string of the molecule is CN1OCC2C[C@@H](O)[C@@H]3OC(C)(C)O[C@H]3C21. The molecule has 0 aromatic rings. The number of aliphatic hydroxyl groups is 1. The van der Waals surface area contributed by atoms with E-state index in [1.165, 1.54) is 0 Å². The van der Waals surface area contributed by atoms with E-state index in [1.807, 2.05) is 26.0 Å². The molecule has 2 unspecified atom stereocenters. The normalized spacial score (nSPS) is 51.4. The summed E-state index contributed by atoms with van der Waals surface area (Å²) in [7, 11) is 1.92. The van der Waals surface area contributed by atoms with Crippen LogP contribution >= 0.6 is 0 Å². The highest BCUT2D eigenvalue weighted by Gasteiger charge is 2.57. The molecule has 0 spiro atoms. The lowest BCUT2D eigenvalue weighted by atomic mass is 9.80. The zero-order valence-electron chi connectivity index (χ0n) is 9.92. The predicted molar refractivity (Wildman–Crippen MR) is 55.4 cm³/mol. The van der Waals surface area contributed by atoms with E-state index in [4.69, 9.17) is 14.3 Å². The van der Waals surface area contributed by atoms with E-state index < -0.39 is 11.9 Å². The lowest BCUT2D eigenvalue weighted by Gasteiger charge is -2.37. The van der Waals surface area contributed by atoms with Gasteiger partial charge in [0.25, 0.3) is 0 Å². The Labute approximate surface area is 95.2 Å². The summed E-state index contributed by atoms with van der Waals surface area (Å²) in [6.07, 6.45) is -0.0184. The molecule has 1 aliphatic carbocycles. The Morgan fingerprint density at radius 2 is 1.94 bits per heavy atom. The minimum Gasteiger partial charge on any atom is -0.390 e. The van der Waals surface area contributed by atoms with Crippen LogP contribution in [0, 0.1) is 5.92 Å². The summed E-state index contributed by atoms with van der Waals surface area (Å²) in [6, 6.07) is 0.204. The van der Waals surface area contributed by atoms with E-state index in [0.717, 1.165) is 6.42 Å². The average Bonchev–Trinajstić information content (AvgIpc) is 2.67. The molecule has 0 aromatic heterocycles. The first kappa shape index (κ1) is 10.9. The Morgan fingerprint density at radius 1 is 1.25 bits per heavy atom. The number of rotatable bonds is 0. The summed E-state index contributed by atoms with van der Waals surface area (Å²) in [5.41, 5.74) is 0. The van der Waals surface area contributed by atoms with Crippen LogP contribution in [0.5, 0.6) is 0 Å². The second-order valence-corrected chi connectivity index (χ2v) is 5.46. The molecular weight excluding hydrogens is 210 g/mol. The molecule has 0 radical (unpaired) electrons. The molecule has 1 N–H and O–H groups in total. The second kappa shape index (κ2) is 3.40. The lowest BCUT2D eigenvalue weighted by Crippen LogP contribution is -2.54. The van der Waals surface area contributed by atoms with E-state index >= 15 is 0 Å². The van der Waals surface area contributed by atoms with Crippen molar-refractivity contribution in [3.63, 3.8) is 0 Å². The van der Waals surface area contributed by atoms with Gasteiger partial charge >= 0.3 is 0 Å². The van der Waals surface area contributed by atoms with Crippen LogP contribution in [0.3, 0.4) is 0 Å². The van der Waals surface area contributed by atoms with E-state index in [-0.39, 0.29) is 18.2 Å². The Morgan fingerprint density at radius 3 is 2.69 bits per heavy atom. The molecule has 0 amide bonds. The number of hydrogen-bond donors (Lipinski definition) is 1. The van der Waals surface area contributed by atoms with Crippen LogP contribution in [-0.4, -0.2) is 54.0 Å². The number of aliphatic hydroxyl groups excluding tert-OH is 1. The first-order valence-electron chi connectivity index (χ1n) is 5.87. The number of hydrogen-bond acceptors (Lipinski definition) is 5. The molecule has 2 saturated heterocycles. The first-order chi connectivity index (χ1) is 7.48. The molecule has 5 heteroatoms. The lowest BCUT2D eigenvalue weighted by molar-refractivity contribution is -0.168. The highest BCUT2D eigenvalue weighted by Crippen LogP contribution is 2.43. The summed E-state index contributed by atoms with van der Waals surface area (Å²) in [5.74, 6) is -0.256. The van der Waals surface area contributed by atoms with Gasteiger partial charge in [-0.3, -0.25) is 4.84 Å². The fourth-order valence-electron chi connectivity index (χ4n) is 3.20. The van der Waals surface area contributed by atoms with Crippen molar-refractivity contribution in [2.45, 2.75) is 50.4 Å². The van der Waals surface area contributed by atoms with Gasteiger partial charge in [-0.05, 0) is 20.3 Å². The molecule has 3 fully saturated rings. The molecule has 5 atom stereocenters. The van der Waals surface area contributed by atoms with Gasteiger partial charge in [0.2, 0.25) is 0 Å². The van der Waals surface area contributed by atoms with Crippen molar-refractivity contribution in [1.82, 2.24) is 5.06 Å². The number of hydroxylamine groups is 2. The van der Waals surface area contributed by atoms with Crippen molar-refractivity contribution >= 4 is 0 Å². The van der Waals surface area contributed by atoms with Gasteiger partial charge in [0, 0.05) is 13.0 Å². The number of ether oxygens (including phenoxy) is 2. The molecule has 3 aliphatic rings. The van der Waals surface area contributed by atoms with Gasteiger partial charge in [-0.1, -0.05) is 0 Å². The third-order valence-electron chi connectivity index (χ3n) is 3.82. The fraction of sp³-hybridized carbons (Fsp3) is 1.00. The largest absolute Gasteiger partial charge is 0.390 e. The van der Waals surface area contributed by atoms with Crippen molar-refractivity contribution in [1.29, 1.82) is 0 Å². The van der Waals surface area contributed by atoms with Crippen LogP contribution in [-0.2, 0) is 14.3 Å². The predicted octanol–water partition coefficient (Wildman–Crippen LogP) is 0.133. The Kier molecular flexibility index (Phi) is 2.32. The van der Waals surface area contributed by atoms with Gasteiger partial charge in [-0.15, -0.1) is 0 Å². The van der Waals surface area contributed by atoms with Gasteiger partial charge in [-0.2, -0.15) is 5.06 Å². The monoisotopic (exact) mass is 229 g/mol. The molecular formula is C11H19NO4.